The largest absolute Gasteiger partial charge is 0.361 e. The zero-order valence-corrected chi connectivity index (χ0v) is 50.1. The van der Waals surface area contributed by atoms with Gasteiger partial charge in [0.1, 0.15) is 58.2 Å². The highest BCUT2D eigenvalue weighted by Gasteiger charge is 2.35. The number of rotatable bonds is 17. The molecule has 2 aliphatic heterocycles. The minimum Gasteiger partial charge on any atom is -0.361 e. The van der Waals surface area contributed by atoms with E-state index in [0.717, 1.165) is 29.1 Å². The zero-order valence-electron chi connectivity index (χ0n) is 46.6. The van der Waals surface area contributed by atoms with Crippen LogP contribution in [-0.2, 0) is 32.5 Å². The van der Waals surface area contributed by atoms with E-state index in [1.165, 1.54) is 5.69 Å². The number of aromatic nitrogens is 10. The molecule has 2 atom stereocenters. The number of carbonyl (C=O) groups excluding carboxylic acids is 4. The lowest BCUT2D eigenvalue weighted by molar-refractivity contribution is -0.138. The number of likely N-dealkylation sites (tertiary alicyclic amines) is 2. The summed E-state index contributed by atoms with van der Waals surface area (Å²) in [5, 5.41) is 23.4. The van der Waals surface area contributed by atoms with E-state index in [1.807, 2.05) is 66.3 Å². The van der Waals surface area contributed by atoms with Crippen LogP contribution < -0.4 is 10.6 Å². The van der Waals surface area contributed by atoms with Crippen molar-refractivity contribution in [3.8, 4) is 23.5 Å². The van der Waals surface area contributed by atoms with Crippen molar-refractivity contribution in [1.29, 1.82) is 10.5 Å². The number of aryl methyl sites for hydroxylation is 1. The van der Waals surface area contributed by atoms with E-state index in [4.69, 9.17) is 25.0 Å². The Morgan fingerprint density at radius 3 is 1.61 bits per heavy atom. The number of amides is 4. The number of imidazole rings is 2. The number of hydrogen-bond acceptors (Lipinski definition) is 14. The molecule has 0 spiro atoms. The maximum atomic E-state index is 13.4. The van der Waals surface area contributed by atoms with E-state index in [1.54, 1.807) is 63.8 Å². The van der Waals surface area contributed by atoms with Crippen LogP contribution in [0.4, 0.5) is 0 Å². The number of halogens is 1. The summed E-state index contributed by atoms with van der Waals surface area (Å²) in [4.78, 5) is 81.7. The lowest BCUT2D eigenvalue weighted by atomic mass is 10.0. The topological polar surface area (TPSA) is 261 Å². The summed E-state index contributed by atoms with van der Waals surface area (Å²) in [6.45, 7) is 22.4. The number of fused-ring (bicyclic) bond motifs is 4. The summed E-state index contributed by atoms with van der Waals surface area (Å²) in [5.41, 5.74) is 6.83. The van der Waals surface area contributed by atoms with Gasteiger partial charge in [-0.15, -0.1) is 0 Å². The molecule has 2 aliphatic rings. The van der Waals surface area contributed by atoms with Crippen LogP contribution in [0.1, 0.15) is 40.3 Å². The number of ether oxygens (including phenoxy) is 2. The molecular formula is C55H67BrN16O6Si2. The molecule has 0 aliphatic carbocycles. The molecule has 25 heteroatoms. The molecule has 4 amide bonds. The fourth-order valence-corrected chi connectivity index (χ4v) is 10.5. The lowest BCUT2D eigenvalue weighted by Crippen LogP contribution is -2.55. The highest BCUT2D eigenvalue weighted by Crippen LogP contribution is 2.26. The fraction of sp³-hybridized carbons (Fsp3) is 0.418. The van der Waals surface area contributed by atoms with Crippen LogP contribution in [0.5, 0.6) is 0 Å². The van der Waals surface area contributed by atoms with Crippen LogP contribution in [0, 0.1) is 41.4 Å². The molecule has 80 heavy (non-hydrogen) atoms. The molecule has 2 N–H and O–H groups in total. The zero-order chi connectivity index (χ0) is 57.5. The number of carbonyl (C=O) groups is 4. The van der Waals surface area contributed by atoms with E-state index in [2.05, 4.69) is 107 Å². The second kappa shape index (κ2) is 25.2. The third kappa shape index (κ3) is 14.2. The molecule has 0 aromatic carbocycles. The van der Waals surface area contributed by atoms with E-state index in [-0.39, 0.29) is 37.1 Å². The van der Waals surface area contributed by atoms with Gasteiger partial charge in [-0.2, -0.15) is 10.5 Å². The Balaban J connectivity index is 0.000000182. The van der Waals surface area contributed by atoms with Crippen molar-refractivity contribution in [3.05, 3.63) is 107 Å². The average Bonchev–Trinajstić information content (AvgIpc) is 4.22. The third-order valence-corrected chi connectivity index (χ3v) is 17.3. The molecule has 0 bridgehead atoms. The Morgan fingerprint density at radius 2 is 1.12 bits per heavy atom. The van der Waals surface area contributed by atoms with Gasteiger partial charge in [0.2, 0.25) is 11.8 Å². The summed E-state index contributed by atoms with van der Waals surface area (Å²) in [5.74, 6) is -1.53. The van der Waals surface area contributed by atoms with Crippen molar-refractivity contribution >= 4 is 89.3 Å². The lowest BCUT2D eigenvalue weighted by Gasteiger charge is -2.37. The summed E-state index contributed by atoms with van der Waals surface area (Å²) in [6, 6.07) is 16.6. The maximum Gasteiger partial charge on any atom is 0.255 e. The van der Waals surface area contributed by atoms with Crippen molar-refractivity contribution < 1.29 is 28.7 Å². The number of nitriles is 2. The van der Waals surface area contributed by atoms with Gasteiger partial charge < -0.3 is 43.4 Å². The monoisotopic (exact) mass is 1180 g/mol. The molecule has 10 heterocycles. The second-order valence-corrected chi connectivity index (χ2v) is 34.5. The molecule has 0 unspecified atom stereocenters. The standard InChI is InChI=1S/C27H32N8O3Si.C20H27BrN6O3Si.C8H8N2/c1-18(27(37)33-14-19(11-28)15-33)31-26(36)20-16-34(17-38-9-10-39(2,3)4)25-24(20)32-21(12-30-25)22-13-29-23-7-5-6-8-35(22)23;1-13(20(29)26-9-14(7-22)10-26)24-19(28)15-11-27(12-30-5-6-31(2,3)4)18-17(15)25-16(21)8-23-18;1-7-6-9-8-4-2-3-5-10(7)8/h5-8,12-13,16,18-19H,9-10,14-15,17H2,1-4H3,(H,31,36);8,11,13-14H,5-6,9-10,12H2,1-4H3,(H,24,28);2-6H,1H3/t18-;13-;/m11./s1. The Kier molecular flexibility index (Phi) is 18.4. The maximum absolute atomic E-state index is 13.4. The summed E-state index contributed by atoms with van der Waals surface area (Å²) >= 11 is 3.30. The van der Waals surface area contributed by atoms with Gasteiger partial charge in [-0.25, -0.2) is 29.9 Å². The molecular weight excluding hydrogens is 1120 g/mol. The van der Waals surface area contributed by atoms with E-state index in [9.17, 15) is 19.2 Å². The Labute approximate surface area is 474 Å². The number of pyridine rings is 2. The highest BCUT2D eigenvalue weighted by atomic mass is 79.9. The third-order valence-electron chi connectivity index (χ3n) is 13.5. The molecule has 2 saturated heterocycles. The molecule has 2 fully saturated rings. The van der Waals surface area contributed by atoms with Crippen molar-refractivity contribution in [2.75, 3.05) is 39.4 Å². The molecule has 0 radical (unpaired) electrons. The molecule has 418 valence electrons. The van der Waals surface area contributed by atoms with Gasteiger partial charge in [0.15, 0.2) is 11.3 Å². The minimum atomic E-state index is -1.25. The predicted octanol–water partition coefficient (Wildman–Crippen LogP) is 7.41. The quantitative estimate of drug-likeness (QED) is 0.0665. The fourth-order valence-electron chi connectivity index (χ4n) is 8.70. The van der Waals surface area contributed by atoms with Crippen molar-refractivity contribution in [2.24, 2.45) is 11.8 Å². The molecule has 0 saturated carbocycles. The van der Waals surface area contributed by atoms with Gasteiger partial charge in [-0.05, 0) is 73.1 Å². The van der Waals surface area contributed by atoms with Crippen LogP contribution in [0.2, 0.25) is 51.4 Å². The normalized spacial score (nSPS) is 14.5. The van der Waals surface area contributed by atoms with Crippen molar-refractivity contribution in [2.45, 2.75) is 97.7 Å². The first-order chi connectivity index (χ1) is 38.1. The molecule has 8 aromatic heterocycles. The summed E-state index contributed by atoms with van der Waals surface area (Å²) in [6.07, 6.45) is 14.1. The van der Waals surface area contributed by atoms with Gasteiger partial charge in [0.05, 0.1) is 59.4 Å². The Morgan fingerprint density at radius 1 is 0.662 bits per heavy atom. The van der Waals surface area contributed by atoms with E-state index in [0.29, 0.717) is 83.1 Å². The predicted molar refractivity (Wildman–Crippen MR) is 310 cm³/mol. The SMILES string of the molecule is C[C@@H](NC(=O)c1cn(COCC[Si](C)(C)C)c2ncc(-c3cnc4ccccn34)nc12)C(=O)N1CC(C#N)C1.C[C@@H](NC(=O)c1cn(COCC[Si](C)(C)C)c2ncc(Br)nc12)C(=O)N1CC(C#N)C1.Cc1cnc2ccccn12. The first-order valence-corrected chi connectivity index (χ1v) is 34.6. The van der Waals surface area contributed by atoms with Gasteiger partial charge in [0.25, 0.3) is 11.8 Å². The first-order valence-electron chi connectivity index (χ1n) is 26.4. The number of hydrogen-bond donors (Lipinski definition) is 2. The highest BCUT2D eigenvalue weighted by molar-refractivity contribution is 9.10. The van der Waals surface area contributed by atoms with Gasteiger partial charge in [0, 0.05) is 92.2 Å². The van der Waals surface area contributed by atoms with Gasteiger partial charge in [-0.1, -0.05) is 51.4 Å². The molecule has 22 nitrogen and oxygen atoms in total. The van der Waals surface area contributed by atoms with Gasteiger partial charge in [-0.3, -0.25) is 23.6 Å². The number of nitrogens with zero attached hydrogens (tertiary/aromatic N) is 14. The van der Waals surface area contributed by atoms with E-state index < -0.39 is 40.0 Å². The van der Waals surface area contributed by atoms with Crippen molar-refractivity contribution in [3.63, 3.8) is 0 Å². The average molecular weight is 1180 g/mol. The van der Waals surface area contributed by atoms with E-state index >= 15 is 0 Å². The van der Waals surface area contributed by atoms with Gasteiger partial charge >= 0.3 is 0 Å². The minimum absolute atomic E-state index is 0.126. The van der Waals surface area contributed by atoms with Crippen LogP contribution in [0.25, 0.3) is 45.0 Å². The summed E-state index contributed by atoms with van der Waals surface area (Å²) < 4.78 is 19.8. The van der Waals surface area contributed by atoms with Crippen molar-refractivity contribution in [1.82, 2.24) is 68.3 Å². The number of nitrogens with one attached hydrogen (secondary N) is 2. The molecule has 8 aromatic rings. The van der Waals surface area contributed by atoms with Crippen LogP contribution in [-0.4, -0.2) is 149 Å². The summed E-state index contributed by atoms with van der Waals surface area (Å²) in [7, 11) is -2.45. The first kappa shape index (κ1) is 58.5. The second-order valence-electron chi connectivity index (χ2n) is 22.4. The van der Waals surface area contributed by atoms with Crippen LogP contribution >= 0.6 is 15.9 Å². The molecule has 10 rings (SSSR count). The van der Waals surface area contributed by atoms with Crippen LogP contribution in [0.3, 0.4) is 0 Å². The smallest absolute Gasteiger partial charge is 0.255 e. The Hall–Kier alpha value is -7.69. The Bertz CT molecular complexity index is 3630. The van der Waals surface area contributed by atoms with Crippen LogP contribution in [0.15, 0.2) is 90.6 Å².